The van der Waals surface area contributed by atoms with Crippen LogP contribution in [-0.4, -0.2) is 23.0 Å². The van der Waals surface area contributed by atoms with Gasteiger partial charge in [-0.1, -0.05) is 12.1 Å². The Labute approximate surface area is 140 Å². The Bertz CT molecular complexity index is 829. The highest BCUT2D eigenvalue weighted by atomic mass is 16.4. The van der Waals surface area contributed by atoms with E-state index >= 15 is 0 Å². The Morgan fingerprint density at radius 1 is 1.21 bits per heavy atom. The lowest BCUT2D eigenvalue weighted by Crippen LogP contribution is -2.45. The topological polar surface area (TPSA) is 69.6 Å². The summed E-state index contributed by atoms with van der Waals surface area (Å²) in [4.78, 5) is 25.5. The van der Waals surface area contributed by atoms with E-state index in [9.17, 15) is 9.59 Å². The number of nitrogens with zero attached hydrogens (tertiary/aromatic N) is 1. The van der Waals surface area contributed by atoms with Crippen molar-refractivity contribution >= 4 is 23.3 Å². The quantitative estimate of drug-likeness (QED) is 0.908. The lowest BCUT2D eigenvalue weighted by molar-refractivity contribution is -0.119. The van der Waals surface area contributed by atoms with Crippen LogP contribution in [0.4, 0.5) is 11.4 Å². The van der Waals surface area contributed by atoms with Crippen LogP contribution in [0.25, 0.3) is 0 Å². The SMILES string of the molecule is Cc1cc2c(cc1C)N(Cc1cccc(C(=O)O)c1)C(=O)C(C)N2. The van der Waals surface area contributed by atoms with Gasteiger partial charge < -0.3 is 15.3 Å². The number of benzene rings is 2. The van der Waals surface area contributed by atoms with Crippen LogP contribution < -0.4 is 10.2 Å². The standard InChI is InChI=1S/C19H20N2O3/c1-11-7-16-17(8-12(11)2)21(18(22)13(3)20-16)10-14-5-4-6-15(9-14)19(23)24/h4-9,13,20H,10H2,1-3H3,(H,23,24). The maximum atomic E-state index is 12.7. The molecule has 1 aliphatic rings. The maximum Gasteiger partial charge on any atom is 0.335 e. The van der Waals surface area contributed by atoms with Gasteiger partial charge in [-0.05, 0) is 61.7 Å². The van der Waals surface area contributed by atoms with E-state index in [-0.39, 0.29) is 17.5 Å². The molecule has 1 aliphatic heterocycles. The number of nitrogens with one attached hydrogen (secondary N) is 1. The second-order valence-corrected chi connectivity index (χ2v) is 6.25. The van der Waals surface area contributed by atoms with Gasteiger partial charge in [0, 0.05) is 0 Å². The van der Waals surface area contributed by atoms with Crippen molar-refractivity contribution in [2.75, 3.05) is 10.2 Å². The third-order valence-corrected chi connectivity index (χ3v) is 4.43. The monoisotopic (exact) mass is 324 g/mol. The fourth-order valence-corrected chi connectivity index (χ4v) is 2.94. The molecule has 0 fully saturated rings. The molecule has 0 saturated heterocycles. The summed E-state index contributed by atoms with van der Waals surface area (Å²) in [6, 6.07) is 10.4. The van der Waals surface area contributed by atoms with Crippen molar-refractivity contribution < 1.29 is 14.7 Å². The first kappa shape index (κ1) is 16.1. The van der Waals surface area contributed by atoms with E-state index in [1.54, 1.807) is 23.1 Å². The summed E-state index contributed by atoms with van der Waals surface area (Å²) in [7, 11) is 0. The zero-order chi connectivity index (χ0) is 17.4. The number of carboxylic acids is 1. The van der Waals surface area contributed by atoms with Crippen molar-refractivity contribution in [3.63, 3.8) is 0 Å². The fraction of sp³-hybridized carbons (Fsp3) is 0.263. The van der Waals surface area contributed by atoms with Crippen LogP contribution in [0.15, 0.2) is 36.4 Å². The van der Waals surface area contributed by atoms with Crippen LogP contribution in [-0.2, 0) is 11.3 Å². The Balaban J connectivity index is 2.01. The molecule has 1 heterocycles. The first-order valence-electron chi connectivity index (χ1n) is 7.88. The molecule has 0 spiro atoms. The van der Waals surface area contributed by atoms with Crippen LogP contribution in [0.3, 0.4) is 0 Å². The summed E-state index contributed by atoms with van der Waals surface area (Å²) in [5.74, 6) is -0.991. The van der Waals surface area contributed by atoms with E-state index in [4.69, 9.17) is 5.11 Å². The number of rotatable bonds is 3. The first-order valence-corrected chi connectivity index (χ1v) is 7.88. The predicted octanol–water partition coefficient (Wildman–Crippen LogP) is 3.35. The summed E-state index contributed by atoms with van der Waals surface area (Å²) in [5.41, 5.74) is 5.06. The van der Waals surface area contributed by atoms with Gasteiger partial charge in [-0.25, -0.2) is 4.79 Å². The van der Waals surface area contributed by atoms with Crippen molar-refractivity contribution in [1.29, 1.82) is 0 Å². The van der Waals surface area contributed by atoms with Gasteiger partial charge in [0.1, 0.15) is 6.04 Å². The van der Waals surface area contributed by atoms with Crippen LogP contribution in [0, 0.1) is 13.8 Å². The van der Waals surface area contributed by atoms with E-state index in [1.165, 1.54) is 0 Å². The van der Waals surface area contributed by atoms with Crippen molar-refractivity contribution in [3.05, 3.63) is 58.7 Å². The number of anilines is 2. The van der Waals surface area contributed by atoms with Crippen molar-refractivity contribution in [2.24, 2.45) is 0 Å². The molecule has 1 amide bonds. The Morgan fingerprint density at radius 2 is 1.92 bits per heavy atom. The summed E-state index contributed by atoms with van der Waals surface area (Å²) in [6.07, 6.45) is 0. The molecule has 5 nitrogen and oxygen atoms in total. The molecule has 0 aromatic heterocycles. The minimum atomic E-state index is -0.969. The van der Waals surface area contributed by atoms with Crippen LogP contribution in [0.1, 0.15) is 34.0 Å². The molecule has 0 aliphatic carbocycles. The molecule has 5 heteroatoms. The minimum Gasteiger partial charge on any atom is -0.478 e. The minimum absolute atomic E-state index is 0.0218. The molecule has 124 valence electrons. The predicted molar refractivity (Wildman–Crippen MR) is 93.6 cm³/mol. The van der Waals surface area contributed by atoms with Crippen molar-refractivity contribution in [2.45, 2.75) is 33.4 Å². The average molecular weight is 324 g/mol. The highest BCUT2D eigenvalue weighted by Crippen LogP contribution is 2.35. The molecule has 2 aromatic rings. The summed E-state index contributed by atoms with van der Waals surface area (Å²) >= 11 is 0. The zero-order valence-corrected chi connectivity index (χ0v) is 14.0. The summed E-state index contributed by atoms with van der Waals surface area (Å²) < 4.78 is 0. The van der Waals surface area contributed by atoms with Gasteiger partial charge in [-0.2, -0.15) is 0 Å². The third kappa shape index (κ3) is 2.85. The molecular formula is C19H20N2O3. The Hall–Kier alpha value is -2.82. The maximum absolute atomic E-state index is 12.7. The normalized spacial score (nSPS) is 16.5. The number of carbonyl (C=O) groups is 2. The average Bonchev–Trinajstić information content (AvgIpc) is 2.54. The summed E-state index contributed by atoms with van der Waals surface area (Å²) in [5, 5.41) is 12.4. The van der Waals surface area contributed by atoms with Crippen molar-refractivity contribution in [3.8, 4) is 0 Å². The van der Waals surface area contributed by atoms with Gasteiger partial charge in [0.2, 0.25) is 5.91 Å². The molecule has 0 radical (unpaired) electrons. The molecular weight excluding hydrogens is 304 g/mol. The second kappa shape index (κ2) is 6.00. The largest absolute Gasteiger partial charge is 0.478 e. The number of carbonyl (C=O) groups excluding carboxylic acids is 1. The van der Waals surface area contributed by atoms with Gasteiger partial charge in [0.05, 0.1) is 23.5 Å². The molecule has 1 atom stereocenters. The Kier molecular flexibility index (Phi) is 4.01. The smallest absolute Gasteiger partial charge is 0.335 e. The van der Waals surface area contributed by atoms with E-state index in [0.717, 1.165) is 28.1 Å². The van der Waals surface area contributed by atoms with E-state index in [1.807, 2.05) is 39.0 Å². The summed E-state index contributed by atoms with van der Waals surface area (Å²) in [6.45, 7) is 6.24. The third-order valence-electron chi connectivity index (χ3n) is 4.43. The number of hydrogen-bond donors (Lipinski definition) is 2. The number of aromatic carboxylic acids is 1. The van der Waals surface area contributed by atoms with Gasteiger partial charge in [-0.15, -0.1) is 0 Å². The molecule has 24 heavy (non-hydrogen) atoms. The second-order valence-electron chi connectivity index (χ2n) is 6.25. The van der Waals surface area contributed by atoms with E-state index < -0.39 is 5.97 Å². The number of amides is 1. The van der Waals surface area contributed by atoms with E-state index in [0.29, 0.717) is 6.54 Å². The molecule has 1 unspecified atom stereocenters. The van der Waals surface area contributed by atoms with Crippen LogP contribution in [0.5, 0.6) is 0 Å². The van der Waals surface area contributed by atoms with Gasteiger partial charge in [0.15, 0.2) is 0 Å². The molecule has 3 rings (SSSR count). The molecule has 0 saturated carbocycles. The molecule has 2 aromatic carbocycles. The lowest BCUT2D eigenvalue weighted by Gasteiger charge is -2.34. The molecule has 0 bridgehead atoms. The highest BCUT2D eigenvalue weighted by molar-refractivity contribution is 6.04. The number of carboxylic acid groups (broad SMARTS) is 1. The first-order chi connectivity index (χ1) is 11.4. The van der Waals surface area contributed by atoms with Crippen LogP contribution in [0.2, 0.25) is 0 Å². The van der Waals surface area contributed by atoms with Crippen molar-refractivity contribution in [1.82, 2.24) is 0 Å². The van der Waals surface area contributed by atoms with Gasteiger partial charge >= 0.3 is 5.97 Å². The van der Waals surface area contributed by atoms with Gasteiger partial charge in [-0.3, -0.25) is 4.79 Å². The number of hydrogen-bond acceptors (Lipinski definition) is 3. The lowest BCUT2D eigenvalue weighted by atomic mass is 10.0. The van der Waals surface area contributed by atoms with Crippen LogP contribution >= 0.6 is 0 Å². The zero-order valence-electron chi connectivity index (χ0n) is 14.0. The Morgan fingerprint density at radius 3 is 2.62 bits per heavy atom. The molecule has 2 N–H and O–H groups in total. The van der Waals surface area contributed by atoms with E-state index in [2.05, 4.69) is 5.32 Å². The number of fused-ring (bicyclic) bond motifs is 1. The number of aryl methyl sites for hydroxylation is 2. The van der Waals surface area contributed by atoms with Gasteiger partial charge in [0.25, 0.3) is 0 Å². The fourth-order valence-electron chi connectivity index (χ4n) is 2.94. The highest BCUT2D eigenvalue weighted by Gasteiger charge is 2.30.